The molecule has 1 aromatic heterocycles. The number of fused-ring (bicyclic) bond motifs is 1. The van der Waals surface area contributed by atoms with Crippen molar-refractivity contribution in [2.45, 2.75) is 19.0 Å². The van der Waals surface area contributed by atoms with Gasteiger partial charge in [-0.2, -0.15) is 5.10 Å². The molecule has 0 amide bonds. The molecule has 35 heavy (non-hydrogen) atoms. The predicted octanol–water partition coefficient (Wildman–Crippen LogP) is 7.35. The average molecular weight is 455 g/mol. The molecule has 0 saturated heterocycles. The Labute approximate surface area is 205 Å². The highest BCUT2D eigenvalue weighted by Crippen LogP contribution is 2.44. The summed E-state index contributed by atoms with van der Waals surface area (Å²) in [6, 6.07) is 42.3. The number of nitrogens with zero attached hydrogens (tertiary/aromatic N) is 3. The number of H-pyrrole nitrogens is 1. The molecular formula is C31H26N4. The molecule has 4 heteroatoms. The van der Waals surface area contributed by atoms with Crippen LogP contribution in [0.1, 0.15) is 29.2 Å². The minimum atomic E-state index is 0.0866. The number of aromatic amines is 1. The molecule has 1 atom stereocenters. The van der Waals surface area contributed by atoms with Crippen LogP contribution >= 0.6 is 0 Å². The Morgan fingerprint density at radius 3 is 1.91 bits per heavy atom. The molecule has 0 unspecified atom stereocenters. The Balaban J connectivity index is 1.56. The third-order valence-corrected chi connectivity index (χ3v) is 6.55. The molecular weight excluding hydrogens is 428 g/mol. The quantitative estimate of drug-likeness (QED) is 0.302. The van der Waals surface area contributed by atoms with E-state index in [9.17, 15) is 0 Å². The Morgan fingerprint density at radius 1 is 0.686 bits per heavy atom. The number of benzene rings is 4. The van der Waals surface area contributed by atoms with E-state index in [-0.39, 0.29) is 6.04 Å². The summed E-state index contributed by atoms with van der Waals surface area (Å²) in [5.41, 5.74) is 7.62. The van der Waals surface area contributed by atoms with Gasteiger partial charge >= 0.3 is 0 Å². The van der Waals surface area contributed by atoms with Gasteiger partial charge in [0.1, 0.15) is 5.69 Å². The van der Waals surface area contributed by atoms with Gasteiger partial charge in [0.05, 0.1) is 17.4 Å². The number of hydrogen-bond acceptors (Lipinski definition) is 3. The van der Waals surface area contributed by atoms with Crippen molar-refractivity contribution in [3.63, 3.8) is 0 Å². The number of aliphatic imine (C=N–C) groups is 1. The molecule has 4 nitrogen and oxygen atoms in total. The van der Waals surface area contributed by atoms with Gasteiger partial charge in [-0.25, -0.2) is 4.99 Å². The van der Waals surface area contributed by atoms with Crippen LogP contribution < -0.4 is 4.90 Å². The number of aromatic nitrogens is 2. The summed E-state index contributed by atoms with van der Waals surface area (Å²) in [5.74, 6) is 0.882. The lowest BCUT2D eigenvalue weighted by Crippen LogP contribution is -2.29. The van der Waals surface area contributed by atoms with Gasteiger partial charge in [0.15, 0.2) is 5.82 Å². The highest BCUT2D eigenvalue weighted by molar-refractivity contribution is 6.05. The van der Waals surface area contributed by atoms with E-state index in [2.05, 4.69) is 125 Å². The van der Waals surface area contributed by atoms with Crippen molar-refractivity contribution in [1.82, 2.24) is 10.2 Å². The number of rotatable bonds is 5. The van der Waals surface area contributed by atoms with Crippen molar-refractivity contribution in [3.8, 4) is 11.3 Å². The molecule has 0 saturated carbocycles. The van der Waals surface area contributed by atoms with Gasteiger partial charge in [-0.15, -0.1) is 0 Å². The smallest absolute Gasteiger partial charge is 0.177 e. The Hall–Kier alpha value is -4.44. The molecule has 1 aliphatic heterocycles. The maximum Gasteiger partial charge on any atom is 0.177 e. The maximum absolute atomic E-state index is 5.29. The lowest BCUT2D eigenvalue weighted by Gasteiger charge is -2.31. The summed E-state index contributed by atoms with van der Waals surface area (Å²) in [4.78, 5) is 7.70. The minimum Gasteiger partial charge on any atom is -0.342 e. The van der Waals surface area contributed by atoms with Crippen molar-refractivity contribution in [3.05, 3.63) is 138 Å². The molecule has 0 aliphatic carbocycles. The van der Waals surface area contributed by atoms with E-state index in [4.69, 9.17) is 10.1 Å². The second-order valence-electron chi connectivity index (χ2n) is 8.81. The van der Waals surface area contributed by atoms with Crippen molar-refractivity contribution < 1.29 is 0 Å². The highest BCUT2D eigenvalue weighted by Gasteiger charge is 2.32. The van der Waals surface area contributed by atoms with Crippen LogP contribution in [0.5, 0.6) is 0 Å². The van der Waals surface area contributed by atoms with E-state index >= 15 is 0 Å². The molecule has 0 spiro atoms. The zero-order valence-electron chi connectivity index (χ0n) is 19.4. The van der Waals surface area contributed by atoms with Gasteiger partial charge in [-0.3, -0.25) is 5.10 Å². The third-order valence-electron chi connectivity index (χ3n) is 6.55. The van der Waals surface area contributed by atoms with E-state index in [1.807, 2.05) is 6.07 Å². The molecule has 1 N–H and O–H groups in total. The maximum atomic E-state index is 5.29. The first-order chi connectivity index (χ1) is 17.4. The van der Waals surface area contributed by atoms with E-state index in [1.165, 1.54) is 11.1 Å². The summed E-state index contributed by atoms with van der Waals surface area (Å²) in [6.45, 7) is 0.740. The van der Waals surface area contributed by atoms with Crippen molar-refractivity contribution in [2.75, 3.05) is 4.90 Å². The Kier molecular flexibility index (Phi) is 5.69. The van der Waals surface area contributed by atoms with Crippen molar-refractivity contribution in [1.29, 1.82) is 0 Å². The van der Waals surface area contributed by atoms with Crippen LogP contribution in [-0.4, -0.2) is 15.9 Å². The highest BCUT2D eigenvalue weighted by atomic mass is 15.3. The van der Waals surface area contributed by atoms with E-state index in [0.29, 0.717) is 0 Å². The van der Waals surface area contributed by atoms with Gasteiger partial charge in [-0.1, -0.05) is 121 Å². The van der Waals surface area contributed by atoms with E-state index in [1.54, 1.807) is 0 Å². The molecule has 0 radical (unpaired) electrons. The first kappa shape index (κ1) is 21.1. The normalized spacial score (nSPS) is 15.3. The minimum absolute atomic E-state index is 0.0866. The lowest BCUT2D eigenvalue weighted by molar-refractivity contribution is 0.633. The predicted molar refractivity (Wildman–Crippen MR) is 143 cm³/mol. The van der Waals surface area contributed by atoms with Gasteiger partial charge in [0.25, 0.3) is 0 Å². The third kappa shape index (κ3) is 4.26. The first-order valence-electron chi connectivity index (χ1n) is 12.0. The number of hydrogen-bond donors (Lipinski definition) is 1. The van der Waals surface area contributed by atoms with Gasteiger partial charge in [-0.05, 0) is 16.7 Å². The molecule has 0 bridgehead atoms. The van der Waals surface area contributed by atoms with Crippen molar-refractivity contribution in [2.24, 2.45) is 4.99 Å². The largest absolute Gasteiger partial charge is 0.342 e. The van der Waals surface area contributed by atoms with Crippen LogP contribution in [0.25, 0.3) is 11.3 Å². The Bertz CT molecular complexity index is 1430. The van der Waals surface area contributed by atoms with Crippen LogP contribution in [0.3, 0.4) is 0 Å². The molecule has 4 aromatic carbocycles. The summed E-state index contributed by atoms with van der Waals surface area (Å²) >= 11 is 0. The van der Waals surface area contributed by atoms with Gasteiger partial charge in [0, 0.05) is 18.5 Å². The molecule has 0 fully saturated rings. The molecule has 6 rings (SSSR count). The fourth-order valence-electron chi connectivity index (χ4n) is 4.81. The second kappa shape index (κ2) is 9.43. The van der Waals surface area contributed by atoms with Crippen molar-refractivity contribution >= 4 is 17.2 Å². The lowest BCUT2D eigenvalue weighted by atomic mass is 9.96. The van der Waals surface area contributed by atoms with E-state index in [0.717, 1.165) is 47.0 Å². The van der Waals surface area contributed by atoms with E-state index < -0.39 is 0 Å². The Morgan fingerprint density at radius 2 is 1.26 bits per heavy atom. The van der Waals surface area contributed by atoms with Crippen LogP contribution in [0.2, 0.25) is 0 Å². The summed E-state index contributed by atoms with van der Waals surface area (Å²) in [7, 11) is 0. The molecule has 170 valence electrons. The van der Waals surface area contributed by atoms with Gasteiger partial charge in [0.2, 0.25) is 0 Å². The standard InChI is InChI=1S/C31H26N4/c1-5-13-23(14-6-1)22-35-28(25-17-9-3-10-18-25)21-27(24-15-7-2-8-16-24)32-30-29(33-34-31(30)35)26-19-11-4-12-20-26/h1-20,28H,21-22H2,(H,33,34)/t28-/m0/s1. The summed E-state index contributed by atoms with van der Waals surface area (Å²) < 4.78 is 0. The molecule has 2 heterocycles. The van der Waals surface area contributed by atoms with Crippen LogP contribution in [0, 0.1) is 0 Å². The van der Waals surface area contributed by atoms with Crippen LogP contribution in [0.15, 0.2) is 126 Å². The SMILES string of the molecule is c1ccc(CN2c3n[nH]c(-c4ccccc4)c3N=C(c3ccccc3)C[C@H]2c2ccccc2)cc1. The topological polar surface area (TPSA) is 44.3 Å². The molecule has 1 aliphatic rings. The summed E-state index contributed by atoms with van der Waals surface area (Å²) in [5, 5.41) is 8.19. The number of nitrogens with one attached hydrogen (secondary N) is 1. The summed E-state index contributed by atoms with van der Waals surface area (Å²) in [6.07, 6.45) is 0.783. The fraction of sp³-hybridized carbons (Fsp3) is 0.0968. The van der Waals surface area contributed by atoms with Crippen LogP contribution in [0.4, 0.5) is 11.5 Å². The second-order valence-corrected chi connectivity index (χ2v) is 8.81. The number of anilines is 1. The zero-order chi connectivity index (χ0) is 23.5. The molecule has 5 aromatic rings. The average Bonchev–Trinajstić information content (AvgIpc) is 3.28. The first-order valence-corrected chi connectivity index (χ1v) is 12.0. The zero-order valence-corrected chi connectivity index (χ0v) is 19.4. The monoisotopic (exact) mass is 454 g/mol. The van der Waals surface area contributed by atoms with Gasteiger partial charge < -0.3 is 4.90 Å². The van der Waals surface area contributed by atoms with Crippen LogP contribution in [-0.2, 0) is 6.54 Å². The fourth-order valence-corrected chi connectivity index (χ4v) is 4.81.